The van der Waals surface area contributed by atoms with Gasteiger partial charge < -0.3 is 0 Å². The number of benzene rings is 2. The van der Waals surface area contributed by atoms with Crippen molar-refractivity contribution >= 4 is 57.0 Å². The zero-order chi connectivity index (χ0) is 21.1. The highest BCUT2D eigenvalue weighted by molar-refractivity contribution is 8.00. The van der Waals surface area contributed by atoms with E-state index in [9.17, 15) is 4.79 Å². The largest absolute Gasteiger partial charge is 0.271 e. The first-order chi connectivity index (χ1) is 14.5. The van der Waals surface area contributed by atoms with E-state index in [4.69, 9.17) is 11.6 Å². The highest BCUT2D eigenvalue weighted by Crippen LogP contribution is 2.31. The van der Waals surface area contributed by atoms with Crippen molar-refractivity contribution in [2.45, 2.75) is 17.0 Å². The molecule has 9 heteroatoms. The highest BCUT2D eigenvalue weighted by atomic mass is 35.5. The van der Waals surface area contributed by atoms with Crippen LogP contribution in [0.3, 0.4) is 0 Å². The van der Waals surface area contributed by atoms with E-state index in [1.165, 1.54) is 10.9 Å². The maximum Gasteiger partial charge on any atom is 0.271 e. The van der Waals surface area contributed by atoms with Gasteiger partial charge in [0, 0.05) is 18.4 Å². The first-order valence-corrected chi connectivity index (χ1v) is 11.3. The minimum Gasteiger partial charge on any atom is -0.267 e. The fraction of sp³-hybridized carbons (Fsp3) is 0.143. The molecule has 6 nitrogen and oxygen atoms in total. The van der Waals surface area contributed by atoms with E-state index in [0.29, 0.717) is 16.3 Å². The van der Waals surface area contributed by atoms with E-state index in [2.05, 4.69) is 26.7 Å². The van der Waals surface area contributed by atoms with Crippen molar-refractivity contribution in [1.82, 2.24) is 20.2 Å². The number of rotatable bonds is 6. The van der Waals surface area contributed by atoms with E-state index >= 15 is 0 Å². The number of nitrogens with one attached hydrogen (secondary N) is 1. The zero-order valence-electron chi connectivity index (χ0n) is 16.3. The summed E-state index contributed by atoms with van der Waals surface area (Å²) in [4.78, 5) is 16.9. The molecule has 30 heavy (non-hydrogen) atoms. The standard InChI is InChI=1S/C21H18ClN5OS2/c1-13-16(19(22)27(2)26-13)11-23-25-20(28)15-9-7-14(8-10-15)12-29-21-24-17-5-3-4-6-18(17)30-21/h3-11H,12H2,1-2H3,(H,25,28)/b23-11+. The smallest absolute Gasteiger partial charge is 0.267 e. The molecule has 2 aromatic heterocycles. The van der Waals surface area contributed by atoms with Crippen LogP contribution in [0.2, 0.25) is 5.15 Å². The number of hydrazone groups is 1. The fourth-order valence-corrected chi connectivity index (χ4v) is 5.07. The molecule has 2 heterocycles. The molecule has 0 unspecified atom stereocenters. The van der Waals surface area contributed by atoms with Crippen LogP contribution in [-0.4, -0.2) is 26.9 Å². The summed E-state index contributed by atoms with van der Waals surface area (Å²) in [5, 5.41) is 8.67. The Kier molecular flexibility index (Phi) is 6.17. The fourth-order valence-electron chi connectivity index (χ4n) is 2.82. The van der Waals surface area contributed by atoms with Gasteiger partial charge in [-0.3, -0.25) is 9.48 Å². The van der Waals surface area contributed by atoms with E-state index < -0.39 is 0 Å². The summed E-state index contributed by atoms with van der Waals surface area (Å²) in [5.41, 5.74) is 6.64. The lowest BCUT2D eigenvalue weighted by Crippen LogP contribution is -2.17. The Hall–Kier alpha value is -2.68. The number of fused-ring (bicyclic) bond motifs is 1. The maximum atomic E-state index is 12.3. The van der Waals surface area contributed by atoms with Gasteiger partial charge in [-0.25, -0.2) is 10.4 Å². The number of hydrogen-bond donors (Lipinski definition) is 1. The van der Waals surface area contributed by atoms with Crippen LogP contribution in [-0.2, 0) is 12.8 Å². The molecule has 1 N–H and O–H groups in total. The number of nitrogens with zero attached hydrogens (tertiary/aromatic N) is 4. The van der Waals surface area contributed by atoms with Crippen LogP contribution in [0, 0.1) is 6.92 Å². The van der Waals surface area contributed by atoms with Crippen molar-refractivity contribution in [3.05, 3.63) is 76.1 Å². The van der Waals surface area contributed by atoms with Gasteiger partial charge in [0.15, 0.2) is 4.34 Å². The SMILES string of the molecule is Cc1nn(C)c(Cl)c1/C=N/NC(=O)c1ccc(CSc2nc3ccccc3s2)cc1. The first-order valence-electron chi connectivity index (χ1n) is 9.11. The number of aromatic nitrogens is 3. The molecule has 0 aliphatic carbocycles. The number of thioether (sulfide) groups is 1. The van der Waals surface area contributed by atoms with Crippen LogP contribution >= 0.6 is 34.7 Å². The van der Waals surface area contributed by atoms with Gasteiger partial charge in [-0.05, 0) is 36.8 Å². The van der Waals surface area contributed by atoms with Gasteiger partial charge >= 0.3 is 0 Å². The van der Waals surface area contributed by atoms with E-state index in [0.717, 1.165) is 26.9 Å². The molecule has 0 spiro atoms. The number of amides is 1. The van der Waals surface area contributed by atoms with Gasteiger partial charge in [0.25, 0.3) is 5.91 Å². The van der Waals surface area contributed by atoms with Crippen molar-refractivity contribution in [2.24, 2.45) is 12.1 Å². The maximum absolute atomic E-state index is 12.3. The van der Waals surface area contributed by atoms with Crippen molar-refractivity contribution in [1.29, 1.82) is 0 Å². The zero-order valence-corrected chi connectivity index (χ0v) is 18.7. The van der Waals surface area contributed by atoms with E-state index in [-0.39, 0.29) is 5.91 Å². The Morgan fingerprint density at radius 2 is 2.03 bits per heavy atom. The summed E-state index contributed by atoms with van der Waals surface area (Å²) in [6.07, 6.45) is 1.51. The Labute approximate surface area is 187 Å². The van der Waals surface area contributed by atoms with Crippen molar-refractivity contribution in [3.63, 3.8) is 0 Å². The van der Waals surface area contributed by atoms with Crippen LogP contribution in [0.15, 0.2) is 58.0 Å². The molecule has 0 fully saturated rings. The molecule has 0 radical (unpaired) electrons. The molecule has 0 saturated carbocycles. The van der Waals surface area contributed by atoms with Gasteiger partial charge in [-0.1, -0.05) is 47.6 Å². The van der Waals surface area contributed by atoms with Crippen LogP contribution in [0.25, 0.3) is 10.2 Å². The predicted octanol–water partition coefficient (Wildman–Crippen LogP) is 5.05. The van der Waals surface area contributed by atoms with Gasteiger partial charge in [-0.15, -0.1) is 11.3 Å². The molecule has 0 aliphatic rings. The molecule has 152 valence electrons. The average Bonchev–Trinajstić information content (AvgIpc) is 3.27. The Balaban J connectivity index is 1.34. The lowest BCUT2D eigenvalue weighted by Gasteiger charge is -2.02. The summed E-state index contributed by atoms with van der Waals surface area (Å²) in [5.74, 6) is 0.507. The van der Waals surface area contributed by atoms with Crippen LogP contribution in [0.5, 0.6) is 0 Å². The summed E-state index contributed by atoms with van der Waals surface area (Å²) in [7, 11) is 1.75. The second-order valence-electron chi connectivity index (χ2n) is 6.55. The van der Waals surface area contributed by atoms with Crippen LogP contribution in [0.1, 0.15) is 27.2 Å². The number of thiazole rings is 1. The van der Waals surface area contributed by atoms with E-state index in [1.54, 1.807) is 47.0 Å². The lowest BCUT2D eigenvalue weighted by molar-refractivity contribution is 0.0955. The quantitative estimate of drug-likeness (QED) is 0.251. The third kappa shape index (κ3) is 4.56. The molecule has 0 saturated heterocycles. The average molecular weight is 456 g/mol. The molecule has 1 amide bonds. The van der Waals surface area contributed by atoms with Gasteiger partial charge in [0.1, 0.15) is 5.15 Å². The molecule has 2 aromatic carbocycles. The van der Waals surface area contributed by atoms with Crippen LogP contribution < -0.4 is 5.43 Å². The summed E-state index contributed by atoms with van der Waals surface area (Å²) in [6, 6.07) is 15.6. The molecule has 0 bridgehead atoms. The Morgan fingerprint density at radius 3 is 2.73 bits per heavy atom. The Bertz CT molecular complexity index is 1200. The van der Waals surface area contributed by atoms with Crippen molar-refractivity contribution in [2.75, 3.05) is 0 Å². The minimum absolute atomic E-state index is 0.283. The van der Waals surface area contributed by atoms with Crippen LogP contribution in [0.4, 0.5) is 0 Å². The van der Waals surface area contributed by atoms with Gasteiger partial charge in [0.2, 0.25) is 0 Å². The van der Waals surface area contributed by atoms with Crippen molar-refractivity contribution < 1.29 is 4.79 Å². The summed E-state index contributed by atoms with van der Waals surface area (Å²) >= 11 is 9.54. The van der Waals surface area contributed by atoms with Gasteiger partial charge in [-0.2, -0.15) is 10.2 Å². The normalized spacial score (nSPS) is 11.4. The number of para-hydroxylation sites is 1. The van der Waals surface area contributed by atoms with Crippen molar-refractivity contribution in [3.8, 4) is 0 Å². The lowest BCUT2D eigenvalue weighted by atomic mass is 10.1. The molecular weight excluding hydrogens is 438 g/mol. The topological polar surface area (TPSA) is 72.2 Å². The third-order valence-corrected chi connectivity index (χ3v) is 7.11. The molecule has 0 atom stereocenters. The monoisotopic (exact) mass is 455 g/mol. The molecule has 4 aromatic rings. The number of carbonyl (C=O) groups excluding carboxylic acids is 1. The summed E-state index contributed by atoms with van der Waals surface area (Å²) < 4.78 is 3.79. The second kappa shape index (κ2) is 8.99. The number of carbonyl (C=O) groups is 1. The Morgan fingerprint density at radius 1 is 1.27 bits per heavy atom. The second-order valence-corrected chi connectivity index (χ2v) is 9.16. The molecule has 4 rings (SSSR count). The minimum atomic E-state index is -0.283. The highest BCUT2D eigenvalue weighted by Gasteiger charge is 2.10. The van der Waals surface area contributed by atoms with E-state index in [1.807, 2.05) is 37.3 Å². The first kappa shape index (κ1) is 20.6. The number of aryl methyl sites for hydroxylation is 2. The molecule has 0 aliphatic heterocycles. The summed E-state index contributed by atoms with van der Waals surface area (Å²) in [6.45, 7) is 1.83. The third-order valence-electron chi connectivity index (χ3n) is 4.41. The number of halogens is 1. The van der Waals surface area contributed by atoms with Gasteiger partial charge in [0.05, 0.1) is 27.7 Å². The predicted molar refractivity (Wildman–Crippen MR) is 124 cm³/mol. The number of hydrogen-bond acceptors (Lipinski definition) is 6. The molecular formula is C21H18ClN5OS2.